The van der Waals surface area contributed by atoms with Gasteiger partial charge in [-0.15, -0.1) is 0 Å². The smallest absolute Gasteiger partial charge is 0.411 e. The molecular weight excluding hydrogens is 330 g/mol. The van der Waals surface area contributed by atoms with Crippen LogP contribution in [0, 0.1) is 5.92 Å². The number of nitrogens with zero attached hydrogens (tertiary/aromatic N) is 1. The van der Waals surface area contributed by atoms with E-state index in [0.29, 0.717) is 23.5 Å². The van der Waals surface area contributed by atoms with E-state index in [1.807, 2.05) is 51.0 Å². The topological polar surface area (TPSA) is 70.7 Å². The van der Waals surface area contributed by atoms with Gasteiger partial charge in [0.2, 0.25) is 0 Å². The molecule has 0 radical (unpaired) electrons. The van der Waals surface area contributed by atoms with E-state index >= 15 is 0 Å². The predicted molar refractivity (Wildman–Crippen MR) is 105 cm³/mol. The van der Waals surface area contributed by atoms with Gasteiger partial charge in [-0.05, 0) is 42.3 Å². The van der Waals surface area contributed by atoms with Crippen molar-refractivity contribution in [1.29, 1.82) is 0 Å². The van der Waals surface area contributed by atoms with Gasteiger partial charge in [-0.2, -0.15) is 0 Å². The van der Waals surface area contributed by atoms with E-state index in [4.69, 9.17) is 4.74 Å². The van der Waals surface area contributed by atoms with E-state index in [0.717, 1.165) is 5.69 Å². The maximum absolute atomic E-state index is 12.5. The molecule has 0 unspecified atom stereocenters. The number of rotatable bonds is 6. The van der Waals surface area contributed by atoms with Gasteiger partial charge in [0.25, 0.3) is 5.91 Å². The molecule has 26 heavy (non-hydrogen) atoms. The monoisotopic (exact) mass is 355 g/mol. The highest BCUT2D eigenvalue weighted by Crippen LogP contribution is 2.18. The minimum absolute atomic E-state index is 0.215. The third-order valence-corrected chi connectivity index (χ3v) is 3.54. The number of benzene rings is 2. The minimum Gasteiger partial charge on any atom is -0.449 e. The Balaban J connectivity index is 2.02. The molecule has 0 heterocycles. The van der Waals surface area contributed by atoms with Crippen molar-refractivity contribution in [3.8, 4) is 0 Å². The van der Waals surface area contributed by atoms with Crippen LogP contribution in [0.4, 0.5) is 21.9 Å². The number of hydrogen-bond donors (Lipinski definition) is 2. The lowest BCUT2D eigenvalue weighted by Gasteiger charge is -2.14. The Labute approximate surface area is 154 Å². The Morgan fingerprint density at radius 2 is 1.65 bits per heavy atom. The molecule has 6 heteroatoms. The number of amides is 2. The van der Waals surface area contributed by atoms with Crippen molar-refractivity contribution < 1.29 is 14.3 Å². The molecule has 0 aromatic heterocycles. The highest BCUT2D eigenvalue weighted by molar-refractivity contribution is 6.05. The van der Waals surface area contributed by atoms with Gasteiger partial charge in [0.1, 0.15) is 0 Å². The van der Waals surface area contributed by atoms with Gasteiger partial charge >= 0.3 is 6.09 Å². The molecule has 0 atom stereocenters. The summed E-state index contributed by atoms with van der Waals surface area (Å²) in [4.78, 5) is 26.1. The van der Waals surface area contributed by atoms with Crippen LogP contribution in [0.5, 0.6) is 0 Å². The maximum Gasteiger partial charge on any atom is 0.411 e. The van der Waals surface area contributed by atoms with Gasteiger partial charge in [0, 0.05) is 36.7 Å². The van der Waals surface area contributed by atoms with E-state index in [-0.39, 0.29) is 11.8 Å². The molecule has 2 aromatic rings. The van der Waals surface area contributed by atoms with E-state index in [1.54, 1.807) is 30.3 Å². The normalized spacial score (nSPS) is 10.3. The third kappa shape index (κ3) is 5.81. The van der Waals surface area contributed by atoms with Crippen LogP contribution in [-0.4, -0.2) is 32.7 Å². The second-order valence-electron chi connectivity index (χ2n) is 6.60. The van der Waals surface area contributed by atoms with Crippen LogP contribution < -0.4 is 15.5 Å². The number of ether oxygens (including phenoxy) is 1. The summed E-state index contributed by atoms with van der Waals surface area (Å²) in [5.74, 6) is 0.0533. The van der Waals surface area contributed by atoms with Crippen LogP contribution in [-0.2, 0) is 4.74 Å². The fraction of sp³-hybridized carbons (Fsp3) is 0.300. The van der Waals surface area contributed by atoms with Crippen molar-refractivity contribution in [3.63, 3.8) is 0 Å². The van der Waals surface area contributed by atoms with Crippen LogP contribution in [0.3, 0.4) is 0 Å². The molecule has 0 spiro atoms. The van der Waals surface area contributed by atoms with E-state index in [1.165, 1.54) is 0 Å². The molecular formula is C20H25N3O3. The van der Waals surface area contributed by atoms with E-state index < -0.39 is 6.09 Å². The van der Waals surface area contributed by atoms with Gasteiger partial charge < -0.3 is 15.0 Å². The summed E-state index contributed by atoms with van der Waals surface area (Å²) in [6, 6.07) is 14.3. The lowest BCUT2D eigenvalue weighted by molar-refractivity contribution is 0.102. The molecule has 0 fully saturated rings. The maximum atomic E-state index is 12.5. The number of carbonyl (C=O) groups is 2. The van der Waals surface area contributed by atoms with Crippen molar-refractivity contribution in [1.82, 2.24) is 0 Å². The molecule has 0 bridgehead atoms. The summed E-state index contributed by atoms with van der Waals surface area (Å²) in [6.07, 6.45) is -0.513. The Morgan fingerprint density at radius 1 is 1.00 bits per heavy atom. The van der Waals surface area contributed by atoms with Crippen LogP contribution in [0.2, 0.25) is 0 Å². The molecule has 138 valence electrons. The number of carbonyl (C=O) groups excluding carboxylic acids is 2. The first kappa shape index (κ1) is 19.3. The lowest BCUT2D eigenvalue weighted by atomic mass is 10.1. The largest absolute Gasteiger partial charge is 0.449 e. The van der Waals surface area contributed by atoms with Crippen LogP contribution in [0.1, 0.15) is 24.2 Å². The first-order valence-electron chi connectivity index (χ1n) is 8.47. The first-order valence-corrected chi connectivity index (χ1v) is 8.47. The fourth-order valence-corrected chi connectivity index (χ4v) is 2.20. The first-order chi connectivity index (χ1) is 12.3. The quantitative estimate of drug-likeness (QED) is 0.814. The number of hydrogen-bond acceptors (Lipinski definition) is 4. The Hall–Kier alpha value is -3.02. The van der Waals surface area contributed by atoms with Crippen LogP contribution in [0.15, 0.2) is 48.5 Å². The standard InChI is InChI=1S/C20H25N3O3/c1-14(2)13-26-20(25)22-17-9-6-8-16(12-17)21-19(24)15-7-5-10-18(11-15)23(3)4/h5-12,14H,13H2,1-4H3,(H,21,24)(H,22,25). The van der Waals surface area contributed by atoms with Gasteiger partial charge in [-0.1, -0.05) is 26.0 Å². The van der Waals surface area contributed by atoms with Gasteiger partial charge in [0.15, 0.2) is 0 Å². The molecule has 0 saturated heterocycles. The molecule has 0 aliphatic heterocycles. The molecule has 0 aliphatic carbocycles. The average molecular weight is 355 g/mol. The predicted octanol–water partition coefficient (Wildman–Crippen LogP) is 4.21. The van der Waals surface area contributed by atoms with Crippen LogP contribution >= 0.6 is 0 Å². The third-order valence-electron chi connectivity index (χ3n) is 3.54. The zero-order valence-corrected chi connectivity index (χ0v) is 15.6. The molecule has 2 N–H and O–H groups in total. The lowest BCUT2D eigenvalue weighted by Crippen LogP contribution is -2.17. The Morgan fingerprint density at radius 3 is 2.31 bits per heavy atom. The van der Waals surface area contributed by atoms with Crippen molar-refractivity contribution in [2.75, 3.05) is 36.2 Å². The summed E-state index contributed by atoms with van der Waals surface area (Å²) in [7, 11) is 3.84. The highest BCUT2D eigenvalue weighted by Gasteiger charge is 2.09. The Kier molecular flexibility index (Phi) is 6.60. The number of nitrogens with one attached hydrogen (secondary N) is 2. The summed E-state index contributed by atoms with van der Waals surface area (Å²) in [5.41, 5.74) is 2.65. The number of anilines is 3. The molecule has 0 aliphatic rings. The fourth-order valence-electron chi connectivity index (χ4n) is 2.20. The minimum atomic E-state index is -0.513. The zero-order chi connectivity index (χ0) is 19.1. The molecule has 0 saturated carbocycles. The molecule has 2 aromatic carbocycles. The van der Waals surface area contributed by atoms with Crippen molar-refractivity contribution in [2.45, 2.75) is 13.8 Å². The summed E-state index contributed by atoms with van der Waals surface area (Å²) < 4.78 is 5.09. The SMILES string of the molecule is CC(C)COC(=O)Nc1cccc(NC(=O)c2cccc(N(C)C)c2)c1. The molecule has 2 amide bonds. The van der Waals surface area contributed by atoms with Crippen molar-refractivity contribution in [3.05, 3.63) is 54.1 Å². The highest BCUT2D eigenvalue weighted by atomic mass is 16.5. The van der Waals surface area contributed by atoms with Gasteiger partial charge in [0.05, 0.1) is 6.61 Å². The molecule has 6 nitrogen and oxygen atoms in total. The van der Waals surface area contributed by atoms with Crippen molar-refractivity contribution >= 4 is 29.1 Å². The van der Waals surface area contributed by atoms with E-state index in [9.17, 15) is 9.59 Å². The second-order valence-corrected chi connectivity index (χ2v) is 6.60. The summed E-state index contributed by atoms with van der Waals surface area (Å²) >= 11 is 0. The average Bonchev–Trinajstić information content (AvgIpc) is 2.60. The summed E-state index contributed by atoms with van der Waals surface area (Å²) in [6.45, 7) is 4.29. The Bertz CT molecular complexity index is 772. The van der Waals surface area contributed by atoms with Gasteiger partial charge in [-0.3, -0.25) is 10.1 Å². The molecule has 2 rings (SSSR count). The van der Waals surface area contributed by atoms with Crippen LogP contribution in [0.25, 0.3) is 0 Å². The second kappa shape index (κ2) is 8.89. The zero-order valence-electron chi connectivity index (χ0n) is 15.6. The van der Waals surface area contributed by atoms with E-state index in [2.05, 4.69) is 10.6 Å². The van der Waals surface area contributed by atoms with Gasteiger partial charge in [-0.25, -0.2) is 4.79 Å². The van der Waals surface area contributed by atoms with Crippen molar-refractivity contribution in [2.24, 2.45) is 5.92 Å². The summed E-state index contributed by atoms with van der Waals surface area (Å²) in [5, 5.41) is 5.49.